The van der Waals surface area contributed by atoms with Crippen molar-refractivity contribution in [1.82, 2.24) is 5.32 Å². The minimum atomic E-state index is -1.11. The Labute approximate surface area is 343 Å². The summed E-state index contributed by atoms with van der Waals surface area (Å²) in [6, 6.07) is -0.818. The van der Waals surface area contributed by atoms with Gasteiger partial charge in [0.15, 0.2) is 0 Å². The molecule has 0 aliphatic carbocycles. The molecule has 0 radical (unpaired) electrons. The van der Waals surface area contributed by atoms with E-state index in [-0.39, 0.29) is 6.61 Å². The molecule has 55 heavy (non-hydrogen) atoms. The van der Waals surface area contributed by atoms with Crippen molar-refractivity contribution in [2.45, 2.75) is 270 Å². The fourth-order valence-corrected chi connectivity index (χ4v) is 7.39. The monoisotopic (exact) mass is 774 g/mol. The number of carbonyl (C=O) groups excluding carboxylic acids is 1. The third kappa shape index (κ3) is 40.6. The Hall–Kier alpha value is -1.43. The topological polar surface area (TPSA) is 89.8 Å². The van der Waals surface area contributed by atoms with Crippen LogP contribution in [0, 0.1) is 0 Å². The van der Waals surface area contributed by atoms with Crippen molar-refractivity contribution in [3.8, 4) is 0 Å². The van der Waals surface area contributed by atoms with Gasteiger partial charge < -0.3 is 20.6 Å². The van der Waals surface area contributed by atoms with E-state index in [1.54, 1.807) is 6.08 Å². The number of unbranched alkanes of at least 4 members (excludes halogenated alkanes) is 32. The first-order chi connectivity index (χ1) is 27.1. The fraction of sp³-hybridized carbons (Fsp3) is 0.860. The van der Waals surface area contributed by atoms with Crippen LogP contribution in [0.15, 0.2) is 36.5 Å². The van der Waals surface area contributed by atoms with Crippen molar-refractivity contribution < 1.29 is 20.1 Å². The Bertz CT molecular complexity index is 855. The van der Waals surface area contributed by atoms with Crippen LogP contribution in [0.1, 0.15) is 251 Å². The summed E-state index contributed by atoms with van der Waals surface area (Å²) in [5.74, 6) is -0.514. The van der Waals surface area contributed by atoms with Gasteiger partial charge in [0.05, 0.1) is 18.8 Å². The minimum Gasteiger partial charge on any atom is -0.394 e. The number of hydrogen-bond acceptors (Lipinski definition) is 4. The average molecular weight is 774 g/mol. The molecule has 0 aliphatic heterocycles. The van der Waals surface area contributed by atoms with Crippen molar-refractivity contribution in [1.29, 1.82) is 0 Å². The molecule has 5 heteroatoms. The zero-order chi connectivity index (χ0) is 40.1. The molecular formula is C50H95NO4. The van der Waals surface area contributed by atoms with Crippen LogP contribution in [-0.2, 0) is 4.79 Å². The van der Waals surface area contributed by atoms with E-state index in [0.717, 1.165) is 44.9 Å². The summed E-state index contributed by atoms with van der Waals surface area (Å²) >= 11 is 0. The molecule has 3 unspecified atom stereocenters. The van der Waals surface area contributed by atoms with Gasteiger partial charge in [0.1, 0.15) is 6.10 Å². The molecule has 4 N–H and O–H groups in total. The van der Waals surface area contributed by atoms with Crippen molar-refractivity contribution in [2.75, 3.05) is 6.61 Å². The van der Waals surface area contributed by atoms with E-state index in [1.165, 1.54) is 186 Å². The second-order valence-electron chi connectivity index (χ2n) is 16.7. The molecule has 3 atom stereocenters. The number of aliphatic hydroxyl groups is 3. The maximum Gasteiger partial charge on any atom is 0.249 e. The van der Waals surface area contributed by atoms with Gasteiger partial charge in [-0.2, -0.15) is 0 Å². The van der Waals surface area contributed by atoms with Gasteiger partial charge in [-0.05, 0) is 44.9 Å². The molecule has 0 heterocycles. The third-order valence-electron chi connectivity index (χ3n) is 11.2. The van der Waals surface area contributed by atoms with Gasteiger partial charge in [-0.3, -0.25) is 4.79 Å². The van der Waals surface area contributed by atoms with Crippen molar-refractivity contribution in [3.05, 3.63) is 36.5 Å². The minimum absolute atomic E-state index is 0.379. The quantitative estimate of drug-likeness (QED) is 0.0367. The van der Waals surface area contributed by atoms with E-state index in [9.17, 15) is 20.1 Å². The molecule has 0 aromatic carbocycles. The molecular weight excluding hydrogens is 679 g/mol. The fourth-order valence-electron chi connectivity index (χ4n) is 7.39. The molecule has 0 fully saturated rings. The summed E-state index contributed by atoms with van der Waals surface area (Å²) in [6.07, 6.45) is 57.7. The van der Waals surface area contributed by atoms with Crippen molar-refractivity contribution >= 4 is 5.91 Å². The van der Waals surface area contributed by atoms with Gasteiger partial charge in [0, 0.05) is 0 Å². The molecule has 0 spiro atoms. The second kappa shape index (κ2) is 45.3. The van der Waals surface area contributed by atoms with Crippen LogP contribution in [0.4, 0.5) is 0 Å². The predicted octanol–water partition coefficient (Wildman–Crippen LogP) is 14.3. The molecule has 1 amide bonds. The van der Waals surface area contributed by atoms with Crippen molar-refractivity contribution in [3.63, 3.8) is 0 Å². The van der Waals surface area contributed by atoms with E-state index in [2.05, 4.69) is 43.5 Å². The van der Waals surface area contributed by atoms with Gasteiger partial charge in [0.2, 0.25) is 5.91 Å². The number of rotatable bonds is 44. The first-order valence-corrected chi connectivity index (χ1v) is 24.3. The van der Waals surface area contributed by atoms with E-state index >= 15 is 0 Å². The van der Waals surface area contributed by atoms with E-state index in [4.69, 9.17) is 0 Å². The van der Waals surface area contributed by atoms with Crippen LogP contribution in [0.2, 0.25) is 0 Å². The second-order valence-corrected chi connectivity index (χ2v) is 16.7. The summed E-state index contributed by atoms with van der Waals surface area (Å²) in [6.45, 7) is 4.16. The number of aliphatic hydroxyl groups excluding tert-OH is 3. The lowest BCUT2D eigenvalue weighted by Gasteiger charge is -2.21. The normalized spacial score (nSPS) is 13.8. The molecule has 0 bridgehead atoms. The van der Waals surface area contributed by atoms with E-state index in [0.29, 0.717) is 6.42 Å². The number of amides is 1. The predicted molar refractivity (Wildman–Crippen MR) is 241 cm³/mol. The zero-order valence-electron chi connectivity index (χ0n) is 36.8. The highest BCUT2D eigenvalue weighted by atomic mass is 16.3. The molecule has 0 aromatic rings. The largest absolute Gasteiger partial charge is 0.394 e. The standard InChI is InChI=1S/C50H95NO4/c1-3-5-7-9-11-13-15-17-19-20-21-22-23-24-25-26-27-28-29-31-33-35-37-39-41-43-45-49(54)50(55)51-47(46-52)48(53)44-42-40-38-36-34-32-30-18-16-14-12-10-8-6-4-2/h16,18,34,36,42,44,47-49,52-54H,3-15,17,19-33,35,37-41,43,45-46H2,1-2H3,(H,51,55)/b18-16+,36-34+,44-42+. The van der Waals surface area contributed by atoms with Gasteiger partial charge >= 0.3 is 0 Å². The number of allylic oxidation sites excluding steroid dienone is 5. The lowest BCUT2D eigenvalue weighted by atomic mass is 10.0. The van der Waals surface area contributed by atoms with Crippen LogP contribution in [0.3, 0.4) is 0 Å². The van der Waals surface area contributed by atoms with Gasteiger partial charge in [-0.25, -0.2) is 0 Å². The number of nitrogens with one attached hydrogen (secondary N) is 1. The van der Waals surface area contributed by atoms with Gasteiger partial charge in [-0.15, -0.1) is 0 Å². The highest BCUT2D eigenvalue weighted by Gasteiger charge is 2.22. The average Bonchev–Trinajstić information content (AvgIpc) is 3.19. The van der Waals surface area contributed by atoms with Crippen LogP contribution >= 0.6 is 0 Å². The van der Waals surface area contributed by atoms with Gasteiger partial charge in [0.25, 0.3) is 0 Å². The highest BCUT2D eigenvalue weighted by molar-refractivity contribution is 5.80. The summed E-state index contributed by atoms with van der Waals surface area (Å²) in [4.78, 5) is 12.5. The SMILES string of the molecule is CCCCCCC/C=C/CC/C=C/CC/C=C/C(O)C(CO)NC(=O)C(O)CCCCCCCCCCCCCCCCCCCCCCCCCCCC. The first-order valence-electron chi connectivity index (χ1n) is 24.3. The van der Waals surface area contributed by atoms with Crippen LogP contribution in [-0.4, -0.2) is 46.1 Å². The van der Waals surface area contributed by atoms with Crippen LogP contribution in [0.5, 0.6) is 0 Å². The van der Waals surface area contributed by atoms with E-state index in [1.807, 2.05) is 6.08 Å². The summed E-state index contributed by atoms with van der Waals surface area (Å²) in [5.41, 5.74) is 0. The number of carbonyl (C=O) groups is 1. The Morgan fingerprint density at radius 3 is 1.11 bits per heavy atom. The molecule has 0 saturated carbocycles. The van der Waals surface area contributed by atoms with E-state index < -0.39 is 24.2 Å². The summed E-state index contributed by atoms with van der Waals surface area (Å²) in [7, 11) is 0. The van der Waals surface area contributed by atoms with Crippen LogP contribution in [0.25, 0.3) is 0 Å². The highest BCUT2D eigenvalue weighted by Crippen LogP contribution is 2.17. The Morgan fingerprint density at radius 1 is 0.436 bits per heavy atom. The maximum absolute atomic E-state index is 12.5. The molecule has 0 saturated heterocycles. The first kappa shape index (κ1) is 53.6. The Morgan fingerprint density at radius 2 is 0.745 bits per heavy atom. The molecule has 0 aromatic heterocycles. The third-order valence-corrected chi connectivity index (χ3v) is 11.2. The maximum atomic E-state index is 12.5. The molecule has 0 aliphatic rings. The Balaban J connectivity index is 3.60. The van der Waals surface area contributed by atoms with Crippen molar-refractivity contribution in [2.24, 2.45) is 0 Å². The summed E-state index contributed by atoms with van der Waals surface area (Å²) < 4.78 is 0. The Kier molecular flexibility index (Phi) is 44.1. The number of hydrogen-bond donors (Lipinski definition) is 4. The zero-order valence-corrected chi connectivity index (χ0v) is 36.8. The molecule has 5 nitrogen and oxygen atoms in total. The van der Waals surface area contributed by atoms with Gasteiger partial charge in [-0.1, -0.05) is 243 Å². The molecule has 324 valence electrons. The lowest BCUT2D eigenvalue weighted by molar-refractivity contribution is -0.131. The molecule has 0 rings (SSSR count). The summed E-state index contributed by atoms with van der Waals surface area (Å²) in [5, 5.41) is 33.1. The lowest BCUT2D eigenvalue weighted by Crippen LogP contribution is -2.48. The van der Waals surface area contributed by atoms with Crippen LogP contribution < -0.4 is 5.32 Å². The smallest absolute Gasteiger partial charge is 0.249 e.